The van der Waals surface area contributed by atoms with Crippen LogP contribution in [-0.2, 0) is 0 Å². The molecule has 2 aromatic rings. The lowest BCUT2D eigenvalue weighted by molar-refractivity contribution is 0.586. The van der Waals surface area contributed by atoms with Gasteiger partial charge in [0.2, 0.25) is 0 Å². The van der Waals surface area contributed by atoms with Gasteiger partial charge in [-0.3, -0.25) is 0 Å². The average molecular weight is 191 g/mol. The van der Waals surface area contributed by atoms with Crippen molar-refractivity contribution in [3.8, 4) is 11.1 Å². The number of aryl methyl sites for hydroxylation is 1. The highest BCUT2D eigenvalue weighted by atomic mass is 19.1. The Balaban J connectivity index is 2.54. The molecule has 0 aliphatic heterocycles. The van der Waals surface area contributed by atoms with E-state index in [1.165, 1.54) is 12.1 Å². The predicted octanol–water partition coefficient (Wildman–Crippen LogP) is 2.98. The molecule has 0 saturated heterocycles. The second-order valence-electron chi connectivity index (χ2n) is 3.16. The Morgan fingerprint density at radius 3 is 2.36 bits per heavy atom. The third-order valence-corrected chi connectivity index (χ3v) is 2.14. The first-order valence-corrected chi connectivity index (χ1v) is 4.28. The van der Waals surface area contributed by atoms with E-state index in [0.717, 1.165) is 16.7 Å². The van der Waals surface area contributed by atoms with E-state index in [2.05, 4.69) is 0 Å². The number of nitrogens with two attached hydrogens (primary N) is 1. The van der Waals surface area contributed by atoms with E-state index >= 15 is 0 Å². The fourth-order valence-corrected chi connectivity index (χ4v) is 1.45. The Kier molecular flexibility index (Phi) is 2.00. The lowest BCUT2D eigenvalue weighted by atomic mass is 10.0. The zero-order valence-electron chi connectivity index (χ0n) is 7.75. The van der Waals surface area contributed by atoms with Crippen LogP contribution in [0.5, 0.6) is 0 Å². The standard InChI is InChI=1S/C11H10FNO/c1-7-6-14-11(13)10(7)8-2-4-9(12)5-3-8/h2-6H,13H2,1H3. The molecule has 2 nitrogen and oxygen atoms in total. The van der Waals surface area contributed by atoms with E-state index < -0.39 is 0 Å². The number of furan rings is 1. The molecule has 14 heavy (non-hydrogen) atoms. The van der Waals surface area contributed by atoms with Crippen LogP contribution < -0.4 is 5.73 Å². The first kappa shape index (κ1) is 8.81. The van der Waals surface area contributed by atoms with Gasteiger partial charge in [-0.05, 0) is 30.2 Å². The van der Waals surface area contributed by atoms with Crippen molar-refractivity contribution < 1.29 is 8.81 Å². The third kappa shape index (κ3) is 1.37. The maximum absolute atomic E-state index is 12.7. The molecule has 1 aromatic carbocycles. The minimum atomic E-state index is -0.256. The minimum Gasteiger partial charge on any atom is -0.448 e. The summed E-state index contributed by atoms with van der Waals surface area (Å²) in [5, 5.41) is 0. The number of anilines is 1. The first-order chi connectivity index (χ1) is 6.68. The van der Waals surface area contributed by atoms with Gasteiger partial charge in [0, 0.05) is 5.56 Å². The highest BCUT2D eigenvalue weighted by Crippen LogP contribution is 2.30. The van der Waals surface area contributed by atoms with Crippen molar-refractivity contribution in [2.24, 2.45) is 0 Å². The van der Waals surface area contributed by atoms with Crippen LogP contribution in [0.25, 0.3) is 11.1 Å². The number of halogens is 1. The monoisotopic (exact) mass is 191 g/mol. The average Bonchev–Trinajstić information content (AvgIpc) is 2.49. The van der Waals surface area contributed by atoms with Crippen molar-refractivity contribution >= 4 is 5.88 Å². The molecule has 0 aliphatic rings. The fourth-order valence-electron chi connectivity index (χ4n) is 1.45. The van der Waals surface area contributed by atoms with Gasteiger partial charge < -0.3 is 10.2 Å². The van der Waals surface area contributed by atoms with Crippen LogP contribution in [0, 0.1) is 12.7 Å². The van der Waals surface area contributed by atoms with Gasteiger partial charge in [-0.25, -0.2) is 4.39 Å². The van der Waals surface area contributed by atoms with Crippen molar-refractivity contribution in [2.45, 2.75) is 6.92 Å². The fraction of sp³-hybridized carbons (Fsp3) is 0.0909. The number of hydrogen-bond donors (Lipinski definition) is 1. The highest BCUT2D eigenvalue weighted by Gasteiger charge is 2.09. The predicted molar refractivity (Wildman–Crippen MR) is 53.3 cm³/mol. The number of nitrogen functional groups attached to an aromatic ring is 1. The molecule has 1 aromatic heterocycles. The molecule has 0 fully saturated rings. The van der Waals surface area contributed by atoms with Gasteiger partial charge in [-0.2, -0.15) is 0 Å². The van der Waals surface area contributed by atoms with Gasteiger partial charge in [-0.15, -0.1) is 0 Å². The first-order valence-electron chi connectivity index (χ1n) is 4.28. The van der Waals surface area contributed by atoms with Gasteiger partial charge in [0.15, 0.2) is 5.88 Å². The summed E-state index contributed by atoms with van der Waals surface area (Å²) in [4.78, 5) is 0. The van der Waals surface area contributed by atoms with E-state index in [1.807, 2.05) is 6.92 Å². The van der Waals surface area contributed by atoms with Crippen LogP contribution in [0.3, 0.4) is 0 Å². The minimum absolute atomic E-state index is 0.256. The SMILES string of the molecule is Cc1coc(N)c1-c1ccc(F)cc1. The van der Waals surface area contributed by atoms with Gasteiger partial charge >= 0.3 is 0 Å². The molecule has 3 heteroatoms. The van der Waals surface area contributed by atoms with Gasteiger partial charge in [0.25, 0.3) is 0 Å². The molecule has 0 spiro atoms. The molecule has 2 rings (SSSR count). The molecular weight excluding hydrogens is 181 g/mol. The maximum Gasteiger partial charge on any atom is 0.198 e. The number of benzene rings is 1. The summed E-state index contributed by atoms with van der Waals surface area (Å²) in [6.07, 6.45) is 1.59. The van der Waals surface area contributed by atoms with Gasteiger partial charge in [-0.1, -0.05) is 12.1 Å². The topological polar surface area (TPSA) is 39.2 Å². The quantitative estimate of drug-likeness (QED) is 0.752. The molecule has 72 valence electrons. The molecule has 0 aliphatic carbocycles. The Morgan fingerprint density at radius 2 is 1.86 bits per heavy atom. The molecule has 2 N–H and O–H groups in total. The Bertz CT molecular complexity index is 425. The van der Waals surface area contributed by atoms with Crippen molar-refractivity contribution in [3.63, 3.8) is 0 Å². The van der Waals surface area contributed by atoms with Gasteiger partial charge in [0.05, 0.1) is 6.26 Å². The Hall–Kier alpha value is -1.77. The molecule has 0 saturated carbocycles. The van der Waals surface area contributed by atoms with E-state index in [9.17, 15) is 4.39 Å². The molecule has 0 atom stereocenters. The molecule has 0 radical (unpaired) electrons. The van der Waals surface area contributed by atoms with Crippen molar-refractivity contribution in [1.29, 1.82) is 0 Å². The zero-order valence-corrected chi connectivity index (χ0v) is 7.75. The molecule has 0 bridgehead atoms. The molecule has 1 heterocycles. The van der Waals surface area contributed by atoms with Gasteiger partial charge in [0.1, 0.15) is 5.82 Å². The van der Waals surface area contributed by atoms with Crippen molar-refractivity contribution in [3.05, 3.63) is 41.9 Å². The van der Waals surface area contributed by atoms with Crippen molar-refractivity contribution in [1.82, 2.24) is 0 Å². The summed E-state index contributed by atoms with van der Waals surface area (Å²) in [6, 6.07) is 6.18. The molecule has 0 unspecified atom stereocenters. The van der Waals surface area contributed by atoms with E-state index in [1.54, 1.807) is 18.4 Å². The lowest BCUT2D eigenvalue weighted by Gasteiger charge is -2.00. The number of hydrogen-bond acceptors (Lipinski definition) is 2. The maximum atomic E-state index is 12.7. The lowest BCUT2D eigenvalue weighted by Crippen LogP contribution is -1.86. The Morgan fingerprint density at radius 1 is 1.21 bits per heavy atom. The van der Waals surface area contributed by atoms with E-state index in [4.69, 9.17) is 10.2 Å². The second kappa shape index (κ2) is 3.18. The van der Waals surface area contributed by atoms with Crippen LogP contribution in [0.2, 0.25) is 0 Å². The van der Waals surface area contributed by atoms with Crippen molar-refractivity contribution in [2.75, 3.05) is 5.73 Å². The summed E-state index contributed by atoms with van der Waals surface area (Å²) in [7, 11) is 0. The summed E-state index contributed by atoms with van der Waals surface area (Å²) >= 11 is 0. The van der Waals surface area contributed by atoms with E-state index in [0.29, 0.717) is 5.88 Å². The largest absolute Gasteiger partial charge is 0.448 e. The van der Waals surface area contributed by atoms with E-state index in [-0.39, 0.29) is 5.82 Å². The summed E-state index contributed by atoms with van der Waals surface area (Å²) in [5.41, 5.74) is 8.31. The Labute approximate surface area is 81.2 Å². The molecule has 0 amide bonds. The number of rotatable bonds is 1. The summed E-state index contributed by atoms with van der Waals surface area (Å²) < 4.78 is 17.7. The second-order valence-corrected chi connectivity index (χ2v) is 3.16. The third-order valence-electron chi connectivity index (χ3n) is 2.14. The summed E-state index contributed by atoms with van der Waals surface area (Å²) in [5.74, 6) is 0.113. The highest BCUT2D eigenvalue weighted by molar-refractivity contribution is 5.75. The van der Waals surface area contributed by atoms with Crippen LogP contribution in [0.15, 0.2) is 34.9 Å². The normalized spacial score (nSPS) is 10.4. The van der Waals surface area contributed by atoms with Crippen LogP contribution in [0.4, 0.5) is 10.3 Å². The smallest absolute Gasteiger partial charge is 0.198 e. The van der Waals surface area contributed by atoms with Crippen LogP contribution >= 0.6 is 0 Å². The van der Waals surface area contributed by atoms with Crippen LogP contribution in [0.1, 0.15) is 5.56 Å². The van der Waals surface area contributed by atoms with Crippen LogP contribution in [-0.4, -0.2) is 0 Å². The molecular formula is C11H10FNO. The zero-order chi connectivity index (χ0) is 10.1. The summed E-state index contributed by atoms with van der Waals surface area (Å²) in [6.45, 7) is 1.90.